The Balaban J connectivity index is 4.28. The average Bonchev–Trinajstić information content (AvgIpc) is 2.30. The number of amides is 2. The van der Waals surface area contributed by atoms with Crippen LogP contribution >= 0.6 is 0 Å². The number of aliphatic hydroxyl groups excluding tert-OH is 1. The molecular weight excluding hydrogens is 268 g/mol. The van der Waals surface area contributed by atoms with Crippen molar-refractivity contribution in [1.29, 1.82) is 0 Å². The standard InChI is InChI=1S/C12H22N2O6/c1-7(15)9(10(17)19-5)14-8(16)6-13-11(18)20-12(2,3)4/h7,9,15H,6H2,1-5H3,(H,13,18)(H,14,16). The minimum atomic E-state index is -1.19. The van der Waals surface area contributed by atoms with Crippen molar-refractivity contribution in [2.75, 3.05) is 13.7 Å². The largest absolute Gasteiger partial charge is 0.467 e. The Labute approximate surface area is 117 Å². The number of rotatable bonds is 5. The number of alkyl carbamates (subject to hydrolysis) is 1. The molecule has 3 N–H and O–H groups in total. The molecule has 0 aromatic heterocycles. The summed E-state index contributed by atoms with van der Waals surface area (Å²) in [4.78, 5) is 34.2. The first-order valence-electron chi connectivity index (χ1n) is 6.09. The summed E-state index contributed by atoms with van der Waals surface area (Å²) in [5, 5.41) is 13.9. The molecule has 2 unspecified atom stereocenters. The van der Waals surface area contributed by atoms with Crippen molar-refractivity contribution >= 4 is 18.0 Å². The highest BCUT2D eigenvalue weighted by Crippen LogP contribution is 2.06. The molecule has 0 spiro atoms. The molecule has 0 fully saturated rings. The van der Waals surface area contributed by atoms with E-state index in [1.54, 1.807) is 20.8 Å². The minimum Gasteiger partial charge on any atom is -0.467 e. The van der Waals surface area contributed by atoms with Crippen molar-refractivity contribution in [2.24, 2.45) is 0 Å². The normalized spacial score (nSPS) is 13.9. The van der Waals surface area contributed by atoms with Crippen LogP contribution < -0.4 is 10.6 Å². The van der Waals surface area contributed by atoms with Crippen molar-refractivity contribution in [1.82, 2.24) is 10.6 Å². The fourth-order valence-corrected chi connectivity index (χ4v) is 1.19. The predicted octanol–water partition coefficient (Wildman–Crippen LogP) is -0.450. The van der Waals surface area contributed by atoms with Crippen molar-refractivity contribution in [3.8, 4) is 0 Å². The second kappa shape index (κ2) is 7.68. The molecule has 0 aliphatic heterocycles. The highest BCUT2D eigenvalue weighted by Gasteiger charge is 2.26. The molecule has 2 amide bonds. The Morgan fingerprint density at radius 3 is 2.20 bits per heavy atom. The van der Waals surface area contributed by atoms with Crippen LogP contribution in [0.1, 0.15) is 27.7 Å². The van der Waals surface area contributed by atoms with E-state index in [2.05, 4.69) is 15.4 Å². The van der Waals surface area contributed by atoms with E-state index in [0.29, 0.717) is 0 Å². The number of hydrogen-bond donors (Lipinski definition) is 3. The van der Waals surface area contributed by atoms with Gasteiger partial charge in [-0.2, -0.15) is 0 Å². The van der Waals surface area contributed by atoms with Gasteiger partial charge in [0.2, 0.25) is 5.91 Å². The number of methoxy groups -OCH3 is 1. The number of esters is 1. The van der Waals surface area contributed by atoms with Crippen molar-refractivity contribution in [3.05, 3.63) is 0 Å². The first kappa shape index (κ1) is 18.2. The molecule has 0 saturated heterocycles. The van der Waals surface area contributed by atoms with Crippen molar-refractivity contribution in [2.45, 2.75) is 45.4 Å². The SMILES string of the molecule is COC(=O)C(NC(=O)CNC(=O)OC(C)(C)C)C(C)O. The van der Waals surface area contributed by atoms with E-state index in [-0.39, 0.29) is 6.54 Å². The molecule has 0 aromatic carbocycles. The maximum Gasteiger partial charge on any atom is 0.408 e. The van der Waals surface area contributed by atoms with Gasteiger partial charge in [-0.3, -0.25) is 4.79 Å². The quantitative estimate of drug-likeness (QED) is 0.591. The zero-order valence-corrected chi connectivity index (χ0v) is 12.4. The van der Waals surface area contributed by atoms with Crippen LogP contribution in [0.3, 0.4) is 0 Å². The van der Waals surface area contributed by atoms with Gasteiger partial charge in [0.25, 0.3) is 0 Å². The van der Waals surface area contributed by atoms with Crippen LogP contribution in [-0.4, -0.2) is 54.5 Å². The van der Waals surface area contributed by atoms with E-state index in [1.807, 2.05) is 0 Å². The topological polar surface area (TPSA) is 114 Å². The van der Waals surface area contributed by atoms with E-state index >= 15 is 0 Å². The monoisotopic (exact) mass is 290 g/mol. The van der Waals surface area contributed by atoms with E-state index in [0.717, 1.165) is 7.11 Å². The number of nitrogens with one attached hydrogen (secondary N) is 2. The minimum absolute atomic E-state index is 0.380. The lowest BCUT2D eigenvalue weighted by Gasteiger charge is -2.21. The summed E-state index contributed by atoms with van der Waals surface area (Å²) >= 11 is 0. The number of ether oxygens (including phenoxy) is 2. The molecule has 0 bridgehead atoms. The van der Waals surface area contributed by atoms with Gasteiger partial charge in [-0.15, -0.1) is 0 Å². The van der Waals surface area contributed by atoms with Crippen LogP contribution in [0.15, 0.2) is 0 Å². The van der Waals surface area contributed by atoms with Gasteiger partial charge >= 0.3 is 12.1 Å². The van der Waals surface area contributed by atoms with Gasteiger partial charge in [0, 0.05) is 0 Å². The van der Waals surface area contributed by atoms with Crippen LogP contribution in [0.4, 0.5) is 4.79 Å². The summed E-state index contributed by atoms with van der Waals surface area (Å²) in [7, 11) is 1.14. The van der Waals surface area contributed by atoms with E-state index in [9.17, 15) is 19.5 Å². The van der Waals surface area contributed by atoms with Gasteiger partial charge in [-0.1, -0.05) is 0 Å². The van der Waals surface area contributed by atoms with E-state index in [4.69, 9.17) is 4.74 Å². The summed E-state index contributed by atoms with van der Waals surface area (Å²) in [5.41, 5.74) is -0.672. The summed E-state index contributed by atoms with van der Waals surface area (Å²) in [5.74, 6) is -1.42. The van der Waals surface area contributed by atoms with Gasteiger partial charge in [0.05, 0.1) is 13.2 Å². The third-order valence-electron chi connectivity index (χ3n) is 2.05. The Morgan fingerprint density at radius 1 is 1.25 bits per heavy atom. The van der Waals surface area contributed by atoms with Crippen molar-refractivity contribution < 1.29 is 29.0 Å². The lowest BCUT2D eigenvalue weighted by atomic mass is 10.2. The summed E-state index contributed by atoms with van der Waals surface area (Å²) < 4.78 is 9.38. The molecule has 8 heteroatoms. The summed E-state index contributed by atoms with van der Waals surface area (Å²) in [6.07, 6.45) is -1.87. The molecule has 20 heavy (non-hydrogen) atoms. The van der Waals surface area contributed by atoms with Gasteiger partial charge < -0.3 is 25.2 Å². The van der Waals surface area contributed by atoms with Crippen molar-refractivity contribution in [3.63, 3.8) is 0 Å². The first-order chi connectivity index (χ1) is 9.06. The number of hydrogen-bond acceptors (Lipinski definition) is 6. The Kier molecular flexibility index (Phi) is 6.98. The maximum atomic E-state index is 11.5. The van der Waals surface area contributed by atoms with Crippen LogP contribution in [-0.2, 0) is 19.1 Å². The molecular formula is C12H22N2O6. The highest BCUT2D eigenvalue weighted by molar-refractivity contribution is 5.87. The number of carbonyl (C=O) groups excluding carboxylic acids is 3. The molecule has 2 atom stereocenters. The van der Waals surface area contributed by atoms with Gasteiger partial charge in [0.1, 0.15) is 12.1 Å². The molecule has 0 radical (unpaired) electrons. The molecule has 0 heterocycles. The van der Waals surface area contributed by atoms with Gasteiger partial charge in [0.15, 0.2) is 6.04 Å². The summed E-state index contributed by atoms with van der Waals surface area (Å²) in [6.45, 7) is 6.02. The molecule has 0 aliphatic rings. The first-order valence-corrected chi connectivity index (χ1v) is 6.09. The maximum absolute atomic E-state index is 11.5. The smallest absolute Gasteiger partial charge is 0.408 e. The Bertz CT molecular complexity index is 361. The highest BCUT2D eigenvalue weighted by atomic mass is 16.6. The third kappa shape index (κ3) is 7.57. The molecule has 0 saturated carbocycles. The second-order valence-corrected chi connectivity index (χ2v) is 5.16. The molecule has 0 aliphatic carbocycles. The fourth-order valence-electron chi connectivity index (χ4n) is 1.19. The van der Waals surface area contributed by atoms with E-state index < -0.39 is 35.7 Å². The molecule has 0 rings (SSSR count). The van der Waals surface area contributed by atoms with Crippen LogP contribution in [0, 0.1) is 0 Å². The zero-order valence-electron chi connectivity index (χ0n) is 12.4. The fraction of sp³-hybridized carbons (Fsp3) is 0.750. The third-order valence-corrected chi connectivity index (χ3v) is 2.05. The second-order valence-electron chi connectivity index (χ2n) is 5.16. The Morgan fingerprint density at radius 2 is 1.80 bits per heavy atom. The zero-order chi connectivity index (χ0) is 15.9. The number of carbonyl (C=O) groups is 3. The van der Waals surface area contributed by atoms with E-state index in [1.165, 1.54) is 6.92 Å². The molecule has 8 nitrogen and oxygen atoms in total. The average molecular weight is 290 g/mol. The summed E-state index contributed by atoms with van der Waals surface area (Å²) in [6, 6.07) is -1.19. The van der Waals surface area contributed by atoms with Gasteiger partial charge in [-0.05, 0) is 27.7 Å². The van der Waals surface area contributed by atoms with Crippen LogP contribution in [0.2, 0.25) is 0 Å². The van der Waals surface area contributed by atoms with Crippen LogP contribution in [0.25, 0.3) is 0 Å². The molecule has 0 aromatic rings. The van der Waals surface area contributed by atoms with Gasteiger partial charge in [-0.25, -0.2) is 9.59 Å². The Hall–Kier alpha value is -1.83. The lowest BCUT2D eigenvalue weighted by Crippen LogP contribution is -2.51. The number of aliphatic hydroxyl groups is 1. The molecule has 116 valence electrons. The van der Waals surface area contributed by atoms with Crippen LogP contribution in [0.5, 0.6) is 0 Å². The predicted molar refractivity (Wildman–Crippen MR) is 69.9 cm³/mol. The lowest BCUT2D eigenvalue weighted by molar-refractivity contribution is -0.147.